The summed E-state index contributed by atoms with van der Waals surface area (Å²) in [5, 5.41) is 21.8. The van der Waals surface area contributed by atoms with Gasteiger partial charge >= 0.3 is 0 Å². The molecular weight excluding hydrogens is 322 g/mol. The van der Waals surface area contributed by atoms with Crippen LogP contribution in [0.2, 0.25) is 0 Å². The van der Waals surface area contributed by atoms with E-state index in [0.717, 1.165) is 16.8 Å². The zero-order valence-corrected chi connectivity index (χ0v) is 14.0. The molecule has 2 aromatic heterocycles. The SMILES string of the molecule is CC(=O)N1CCc2c(nc(-c3cccnc3)nc2NC(CO)CO)C1. The van der Waals surface area contributed by atoms with Crippen molar-refractivity contribution in [3.05, 3.63) is 35.8 Å². The molecule has 0 fully saturated rings. The maximum Gasteiger partial charge on any atom is 0.219 e. The molecule has 0 aromatic carbocycles. The summed E-state index contributed by atoms with van der Waals surface area (Å²) in [5.41, 5.74) is 2.45. The topological polar surface area (TPSA) is 111 Å². The van der Waals surface area contributed by atoms with Crippen molar-refractivity contribution in [2.24, 2.45) is 0 Å². The number of anilines is 1. The van der Waals surface area contributed by atoms with E-state index in [2.05, 4.69) is 20.3 Å². The Kier molecular flexibility index (Phi) is 5.20. The molecule has 0 saturated heterocycles. The summed E-state index contributed by atoms with van der Waals surface area (Å²) in [6.45, 7) is 2.13. The van der Waals surface area contributed by atoms with Crippen molar-refractivity contribution in [2.75, 3.05) is 25.1 Å². The second-order valence-corrected chi connectivity index (χ2v) is 5.96. The Balaban J connectivity index is 2.04. The van der Waals surface area contributed by atoms with E-state index in [9.17, 15) is 15.0 Å². The van der Waals surface area contributed by atoms with E-state index in [1.807, 2.05) is 6.07 Å². The van der Waals surface area contributed by atoms with Gasteiger partial charge in [-0.25, -0.2) is 9.97 Å². The summed E-state index contributed by atoms with van der Waals surface area (Å²) < 4.78 is 0. The van der Waals surface area contributed by atoms with Crippen LogP contribution < -0.4 is 5.32 Å². The van der Waals surface area contributed by atoms with E-state index in [-0.39, 0.29) is 19.1 Å². The average Bonchev–Trinajstić information content (AvgIpc) is 2.65. The van der Waals surface area contributed by atoms with E-state index in [0.29, 0.717) is 31.2 Å². The van der Waals surface area contributed by atoms with Gasteiger partial charge in [-0.3, -0.25) is 9.78 Å². The third kappa shape index (κ3) is 3.75. The Morgan fingerprint density at radius 2 is 2.16 bits per heavy atom. The quantitative estimate of drug-likeness (QED) is 0.711. The molecule has 0 atom stereocenters. The Hall–Kier alpha value is -2.58. The van der Waals surface area contributed by atoms with Crippen molar-refractivity contribution in [3.8, 4) is 11.4 Å². The molecule has 0 bridgehead atoms. The van der Waals surface area contributed by atoms with Crippen molar-refractivity contribution >= 4 is 11.7 Å². The van der Waals surface area contributed by atoms with Crippen molar-refractivity contribution in [1.82, 2.24) is 19.9 Å². The fraction of sp³-hybridized carbons (Fsp3) is 0.412. The third-order valence-corrected chi connectivity index (χ3v) is 4.21. The van der Waals surface area contributed by atoms with E-state index in [1.54, 1.807) is 30.3 Å². The molecular formula is C17H21N5O3. The minimum atomic E-state index is -0.508. The molecule has 3 heterocycles. The molecule has 8 heteroatoms. The molecule has 0 spiro atoms. The number of aromatic nitrogens is 3. The molecule has 8 nitrogen and oxygen atoms in total. The van der Waals surface area contributed by atoms with Gasteiger partial charge in [-0.1, -0.05) is 0 Å². The number of hydrogen-bond donors (Lipinski definition) is 3. The van der Waals surface area contributed by atoms with Gasteiger partial charge in [-0.05, 0) is 18.6 Å². The molecule has 0 aliphatic carbocycles. The molecule has 0 radical (unpaired) electrons. The molecule has 1 amide bonds. The highest BCUT2D eigenvalue weighted by Gasteiger charge is 2.25. The van der Waals surface area contributed by atoms with Crippen LogP contribution in [0, 0.1) is 0 Å². The lowest BCUT2D eigenvalue weighted by Gasteiger charge is -2.29. The standard InChI is InChI=1S/C17H21N5O3/c1-11(25)22-6-4-14-15(8-22)20-16(12-3-2-5-18-7-12)21-17(14)19-13(9-23)10-24/h2-3,5,7,13,23-24H,4,6,8-10H2,1H3,(H,19,20,21). The van der Waals surface area contributed by atoms with Gasteiger partial charge in [0.2, 0.25) is 5.91 Å². The molecule has 0 unspecified atom stereocenters. The number of nitrogens with zero attached hydrogens (tertiary/aromatic N) is 4. The molecule has 2 aromatic rings. The van der Waals surface area contributed by atoms with Crippen LogP contribution >= 0.6 is 0 Å². The lowest BCUT2D eigenvalue weighted by molar-refractivity contribution is -0.129. The average molecular weight is 343 g/mol. The first-order valence-corrected chi connectivity index (χ1v) is 8.16. The second-order valence-electron chi connectivity index (χ2n) is 5.96. The van der Waals surface area contributed by atoms with E-state index in [4.69, 9.17) is 0 Å². The van der Waals surface area contributed by atoms with Gasteiger partial charge in [-0.2, -0.15) is 0 Å². The first-order valence-electron chi connectivity index (χ1n) is 8.16. The molecule has 0 saturated carbocycles. The smallest absolute Gasteiger partial charge is 0.219 e. The maximum atomic E-state index is 11.7. The summed E-state index contributed by atoms with van der Waals surface area (Å²) in [6, 6.07) is 3.16. The number of aliphatic hydroxyl groups is 2. The zero-order chi connectivity index (χ0) is 17.8. The number of rotatable bonds is 5. The van der Waals surface area contributed by atoms with E-state index in [1.165, 1.54) is 0 Å². The maximum absolute atomic E-state index is 11.7. The molecule has 3 N–H and O–H groups in total. The fourth-order valence-electron chi connectivity index (χ4n) is 2.79. The number of aliphatic hydroxyl groups excluding tert-OH is 2. The Labute approximate surface area is 145 Å². The van der Waals surface area contributed by atoms with Crippen molar-refractivity contribution in [1.29, 1.82) is 0 Å². The van der Waals surface area contributed by atoms with Gasteiger partial charge in [-0.15, -0.1) is 0 Å². The van der Waals surface area contributed by atoms with Gasteiger partial charge in [0.05, 0.1) is 31.5 Å². The number of pyridine rings is 1. The number of amides is 1. The van der Waals surface area contributed by atoms with Crippen LogP contribution in [-0.2, 0) is 17.8 Å². The monoisotopic (exact) mass is 343 g/mol. The number of fused-ring (bicyclic) bond motifs is 1. The van der Waals surface area contributed by atoms with Crippen LogP contribution in [0.25, 0.3) is 11.4 Å². The van der Waals surface area contributed by atoms with E-state index < -0.39 is 6.04 Å². The molecule has 3 rings (SSSR count). The second kappa shape index (κ2) is 7.54. The number of carbonyl (C=O) groups is 1. The first-order chi connectivity index (χ1) is 12.1. The highest BCUT2D eigenvalue weighted by Crippen LogP contribution is 2.27. The van der Waals surface area contributed by atoms with Gasteiger partial charge < -0.3 is 20.4 Å². The van der Waals surface area contributed by atoms with E-state index >= 15 is 0 Å². The normalized spacial score (nSPS) is 13.7. The van der Waals surface area contributed by atoms with Crippen LogP contribution in [0.3, 0.4) is 0 Å². The molecule has 1 aliphatic rings. The summed E-state index contributed by atoms with van der Waals surface area (Å²) in [4.78, 5) is 26.7. The Bertz CT molecular complexity index is 749. The van der Waals surface area contributed by atoms with Crippen LogP contribution in [0.1, 0.15) is 18.2 Å². The van der Waals surface area contributed by atoms with Crippen molar-refractivity contribution in [3.63, 3.8) is 0 Å². The summed E-state index contributed by atoms with van der Waals surface area (Å²) in [5.74, 6) is 1.08. The zero-order valence-electron chi connectivity index (χ0n) is 14.0. The van der Waals surface area contributed by atoms with Crippen molar-refractivity contribution in [2.45, 2.75) is 25.9 Å². The highest BCUT2D eigenvalue weighted by molar-refractivity contribution is 5.74. The lowest BCUT2D eigenvalue weighted by atomic mass is 10.0. The van der Waals surface area contributed by atoms with Gasteiger partial charge in [0.15, 0.2) is 5.82 Å². The van der Waals surface area contributed by atoms with Gasteiger partial charge in [0, 0.05) is 37.0 Å². The number of hydrogen-bond acceptors (Lipinski definition) is 7. The third-order valence-electron chi connectivity index (χ3n) is 4.21. The Morgan fingerprint density at radius 1 is 1.36 bits per heavy atom. The van der Waals surface area contributed by atoms with Gasteiger partial charge in [0.1, 0.15) is 5.82 Å². The van der Waals surface area contributed by atoms with Crippen molar-refractivity contribution < 1.29 is 15.0 Å². The minimum Gasteiger partial charge on any atom is -0.394 e. The largest absolute Gasteiger partial charge is 0.394 e. The van der Waals surface area contributed by atoms with Crippen LogP contribution in [0.15, 0.2) is 24.5 Å². The fourth-order valence-corrected chi connectivity index (χ4v) is 2.79. The highest BCUT2D eigenvalue weighted by atomic mass is 16.3. The minimum absolute atomic E-state index is 0.00490. The van der Waals surface area contributed by atoms with Crippen LogP contribution in [-0.4, -0.2) is 61.8 Å². The number of nitrogens with one attached hydrogen (secondary N) is 1. The van der Waals surface area contributed by atoms with Crippen LogP contribution in [0.4, 0.5) is 5.82 Å². The lowest BCUT2D eigenvalue weighted by Crippen LogP contribution is -2.36. The summed E-state index contributed by atoms with van der Waals surface area (Å²) >= 11 is 0. The Morgan fingerprint density at radius 3 is 2.80 bits per heavy atom. The molecule has 1 aliphatic heterocycles. The van der Waals surface area contributed by atoms with Crippen LogP contribution in [0.5, 0.6) is 0 Å². The number of carbonyl (C=O) groups excluding carboxylic acids is 1. The molecule has 132 valence electrons. The summed E-state index contributed by atoms with van der Waals surface area (Å²) in [7, 11) is 0. The predicted molar refractivity (Wildman–Crippen MR) is 91.6 cm³/mol. The summed E-state index contributed by atoms with van der Waals surface area (Å²) in [6.07, 6.45) is 3.97. The molecule has 25 heavy (non-hydrogen) atoms. The predicted octanol–water partition coefficient (Wildman–Crippen LogP) is 0.208. The first kappa shape index (κ1) is 17.2. The van der Waals surface area contributed by atoms with Gasteiger partial charge in [0.25, 0.3) is 0 Å².